The van der Waals surface area contributed by atoms with Gasteiger partial charge in [-0.15, -0.1) is 0 Å². The van der Waals surface area contributed by atoms with Crippen molar-refractivity contribution in [3.05, 3.63) is 79.9 Å². The van der Waals surface area contributed by atoms with E-state index >= 15 is 0 Å². The van der Waals surface area contributed by atoms with Gasteiger partial charge in [0.2, 0.25) is 9.23 Å². The molecular weight excluding hydrogens is 651 g/mol. The molecule has 2 aromatic carbocycles. The van der Waals surface area contributed by atoms with Crippen LogP contribution in [0.25, 0.3) is 21.8 Å². The molecule has 234 valence electrons. The Morgan fingerprint density at radius 3 is 1.57 bits per heavy atom. The predicted octanol–water partition coefficient (Wildman–Crippen LogP) is 5.86. The molecule has 4 heterocycles. The molecule has 0 bridgehead atoms. The normalized spacial score (nSPS) is 16.2. The smallest absolute Gasteiger partial charge is 0.335 e. The van der Waals surface area contributed by atoms with Crippen LogP contribution in [0.3, 0.4) is 0 Å². The van der Waals surface area contributed by atoms with Crippen molar-refractivity contribution in [2.75, 3.05) is 0 Å². The lowest BCUT2D eigenvalue weighted by atomic mass is 9.85. The number of carboxylic acids is 1. The van der Waals surface area contributed by atoms with E-state index in [4.69, 9.17) is 20.9 Å². The van der Waals surface area contributed by atoms with Gasteiger partial charge >= 0.3 is 5.97 Å². The van der Waals surface area contributed by atoms with Crippen molar-refractivity contribution >= 4 is 75.2 Å². The Balaban J connectivity index is 0.000000179. The number of halogens is 3. The molecule has 0 amide bonds. The van der Waals surface area contributed by atoms with Crippen molar-refractivity contribution in [2.24, 2.45) is 10.8 Å². The number of hydrogen-bond acceptors (Lipinski definition) is 7. The highest BCUT2D eigenvalue weighted by atomic mass is 36.0. The Bertz CT molecular complexity index is 1800. The Labute approximate surface area is 269 Å². The van der Waals surface area contributed by atoms with Crippen LogP contribution in [0, 0.1) is 10.8 Å². The number of carboxylic acid groups (broad SMARTS) is 1. The molecule has 0 spiro atoms. The minimum atomic E-state index is -1.67. The molecule has 0 aliphatic carbocycles. The molecule has 0 saturated heterocycles. The van der Waals surface area contributed by atoms with Crippen LogP contribution < -0.4 is 11.1 Å². The molecular formula is C30H31Cl3N4O6S. The van der Waals surface area contributed by atoms with E-state index in [-0.39, 0.29) is 27.5 Å². The summed E-state index contributed by atoms with van der Waals surface area (Å²) in [6, 6.07) is 9.28. The zero-order chi connectivity index (χ0) is 32.6. The molecule has 6 rings (SSSR count). The summed E-state index contributed by atoms with van der Waals surface area (Å²) in [5, 5.41) is 9.49. The molecule has 2 aliphatic heterocycles. The second-order valence-electron chi connectivity index (χ2n) is 12.4. The highest BCUT2D eigenvalue weighted by Crippen LogP contribution is 2.30. The van der Waals surface area contributed by atoms with Gasteiger partial charge in [0.25, 0.3) is 16.4 Å². The number of carbonyl (C=O) groups is 2. The molecule has 2 aliphatic rings. The molecule has 0 saturated carbocycles. The Morgan fingerprint density at radius 2 is 1.18 bits per heavy atom. The summed E-state index contributed by atoms with van der Waals surface area (Å²) < 4.78 is 12.6. The van der Waals surface area contributed by atoms with E-state index in [2.05, 4.69) is 59.0 Å². The van der Waals surface area contributed by atoms with E-state index in [1.165, 1.54) is 12.1 Å². The lowest BCUT2D eigenvalue weighted by Gasteiger charge is -2.31. The van der Waals surface area contributed by atoms with Crippen LogP contribution in [0.1, 0.15) is 72.9 Å². The molecule has 2 aromatic heterocycles. The van der Waals surface area contributed by atoms with Crippen LogP contribution >= 0.6 is 33.0 Å². The van der Waals surface area contributed by atoms with Crippen LogP contribution in [0.4, 0.5) is 0 Å². The topological polar surface area (TPSA) is 141 Å². The number of carbonyl (C=O) groups excluding carboxylic acids is 1. The van der Waals surface area contributed by atoms with Crippen LogP contribution in [-0.4, -0.2) is 39.6 Å². The van der Waals surface area contributed by atoms with Crippen molar-refractivity contribution < 1.29 is 18.9 Å². The number of fused-ring (bicyclic) bond motifs is 4. The maximum atomic E-state index is 12.5. The third kappa shape index (κ3) is 7.74. The molecule has 1 N–H and O–H groups in total. The molecule has 14 heteroatoms. The SMILES string of the molecule is CC1(C)CCc2nc3cc(C(=O)Cl)ccc3c(=O)n2C1.CC1(C)CCc2nc3cc(C(=O)O)ccc3c(=O)n2C1.O=S(Cl)Cl. The van der Waals surface area contributed by atoms with Gasteiger partial charge < -0.3 is 5.11 Å². The maximum Gasteiger partial charge on any atom is 0.335 e. The van der Waals surface area contributed by atoms with Crippen LogP contribution in [0.2, 0.25) is 0 Å². The summed E-state index contributed by atoms with van der Waals surface area (Å²) in [7, 11) is 7.36. The van der Waals surface area contributed by atoms with Crippen molar-refractivity contribution in [3.8, 4) is 0 Å². The van der Waals surface area contributed by atoms with Gasteiger partial charge in [-0.05, 0) is 71.7 Å². The first kappa shape index (κ1) is 33.8. The van der Waals surface area contributed by atoms with Crippen LogP contribution in [0.15, 0.2) is 46.0 Å². The van der Waals surface area contributed by atoms with Gasteiger partial charge in [0.05, 0.1) is 27.4 Å². The van der Waals surface area contributed by atoms with Crippen LogP contribution in [0.5, 0.6) is 0 Å². The summed E-state index contributed by atoms with van der Waals surface area (Å²) in [6.45, 7) is 9.93. The van der Waals surface area contributed by atoms with E-state index < -0.39 is 20.4 Å². The number of aromatic carboxylic acids is 1. The molecule has 4 aromatic rings. The first-order valence-corrected chi connectivity index (χ1v) is 16.9. The first-order valence-electron chi connectivity index (χ1n) is 13.7. The monoisotopic (exact) mass is 680 g/mol. The molecule has 0 radical (unpaired) electrons. The summed E-state index contributed by atoms with van der Waals surface area (Å²) in [5.74, 6) is 0.540. The van der Waals surface area contributed by atoms with Gasteiger partial charge in [0.15, 0.2) is 0 Å². The van der Waals surface area contributed by atoms with Crippen molar-refractivity contribution in [2.45, 2.75) is 66.5 Å². The molecule has 10 nitrogen and oxygen atoms in total. The van der Waals surface area contributed by atoms with E-state index in [1.54, 1.807) is 33.4 Å². The number of nitrogens with zero attached hydrogens (tertiary/aromatic N) is 4. The van der Waals surface area contributed by atoms with Gasteiger partial charge in [-0.3, -0.25) is 23.5 Å². The van der Waals surface area contributed by atoms with Gasteiger partial charge in [-0.2, -0.15) is 0 Å². The second-order valence-corrected chi connectivity index (χ2v) is 15.3. The minimum absolute atomic E-state index is 0.0358. The summed E-state index contributed by atoms with van der Waals surface area (Å²) in [4.78, 5) is 56.3. The van der Waals surface area contributed by atoms with E-state index in [0.717, 1.165) is 37.3 Å². The van der Waals surface area contributed by atoms with E-state index in [1.807, 2.05) is 0 Å². The highest BCUT2D eigenvalue weighted by Gasteiger charge is 2.28. The Morgan fingerprint density at radius 1 is 0.795 bits per heavy atom. The summed E-state index contributed by atoms with van der Waals surface area (Å²) in [6.07, 6.45) is 3.50. The van der Waals surface area contributed by atoms with Gasteiger partial charge in [-0.25, -0.2) is 19.0 Å². The number of aromatic nitrogens is 4. The minimum Gasteiger partial charge on any atom is -0.478 e. The number of rotatable bonds is 2. The van der Waals surface area contributed by atoms with E-state index in [9.17, 15) is 19.2 Å². The van der Waals surface area contributed by atoms with Crippen molar-refractivity contribution in [3.63, 3.8) is 0 Å². The first-order chi connectivity index (χ1) is 20.5. The predicted molar refractivity (Wildman–Crippen MR) is 173 cm³/mol. The molecule has 0 atom stereocenters. The van der Waals surface area contributed by atoms with Gasteiger partial charge in [-0.1, -0.05) is 27.7 Å². The Hall–Kier alpha value is -3.12. The zero-order valence-electron chi connectivity index (χ0n) is 24.5. The number of benzene rings is 2. The van der Waals surface area contributed by atoms with Gasteiger partial charge in [0.1, 0.15) is 11.6 Å². The third-order valence-corrected chi connectivity index (χ3v) is 7.98. The van der Waals surface area contributed by atoms with E-state index in [0.29, 0.717) is 40.5 Å². The lowest BCUT2D eigenvalue weighted by Crippen LogP contribution is -2.36. The molecule has 44 heavy (non-hydrogen) atoms. The van der Waals surface area contributed by atoms with Crippen molar-refractivity contribution in [1.29, 1.82) is 0 Å². The van der Waals surface area contributed by atoms with Gasteiger partial charge in [0, 0.05) is 52.9 Å². The number of hydrogen-bond donors (Lipinski definition) is 1. The van der Waals surface area contributed by atoms with Crippen molar-refractivity contribution in [1.82, 2.24) is 19.1 Å². The lowest BCUT2D eigenvalue weighted by molar-refractivity contribution is 0.0696. The second kappa shape index (κ2) is 13.1. The fraction of sp³-hybridized carbons (Fsp3) is 0.400. The largest absolute Gasteiger partial charge is 0.478 e. The molecule has 0 fully saturated rings. The quantitative estimate of drug-likeness (QED) is 0.260. The third-order valence-electron chi connectivity index (χ3n) is 7.77. The highest BCUT2D eigenvalue weighted by molar-refractivity contribution is 8.26. The van der Waals surface area contributed by atoms with Crippen LogP contribution in [-0.2, 0) is 35.2 Å². The summed E-state index contributed by atoms with van der Waals surface area (Å²) in [5.41, 5.74) is 1.64. The average molecular weight is 682 g/mol. The Kier molecular flexibility index (Phi) is 10.0. The fourth-order valence-electron chi connectivity index (χ4n) is 5.41. The standard InChI is InChI=1S/C15H15ClN2O2.C15H16N2O3.Cl2OS/c1-15(2)6-5-12-17-11-7-9(13(16)19)3-4-10(11)14(20)18(12)8-15;1-15(2)6-5-12-16-11-7-9(14(19)20)3-4-10(11)13(18)17(12)8-15;1-4(2)3/h3-4,7H,5-6,8H2,1-2H3;3-4,7H,5-6,8H2,1-2H3,(H,19,20);. The maximum absolute atomic E-state index is 12.5. The average Bonchev–Trinajstić information content (AvgIpc) is 2.93. The fourth-order valence-corrected chi connectivity index (χ4v) is 5.53. The molecule has 0 unspecified atom stereocenters. The number of aryl methyl sites for hydroxylation is 2. The summed E-state index contributed by atoms with van der Waals surface area (Å²) >= 11 is 5.47. The zero-order valence-corrected chi connectivity index (χ0v) is 27.6.